The largest absolute Gasteiger partial charge is 0.352 e. The Morgan fingerprint density at radius 3 is 2.76 bits per heavy atom. The van der Waals surface area contributed by atoms with Gasteiger partial charge in [0.15, 0.2) is 0 Å². The Bertz CT molecular complexity index is 261. The molecule has 0 saturated carbocycles. The topological polar surface area (TPSA) is 75.4 Å². The molecule has 0 spiro atoms. The van der Waals surface area contributed by atoms with Crippen LogP contribution in [0.1, 0.15) is 32.6 Å². The van der Waals surface area contributed by atoms with Crippen molar-refractivity contribution in [3.8, 4) is 0 Å². The highest BCUT2D eigenvalue weighted by atomic mass is 35.5. The molecular weight excluding hydrogens is 242 g/mol. The molecule has 1 heterocycles. The van der Waals surface area contributed by atoms with Gasteiger partial charge in [-0.25, -0.2) is 0 Å². The van der Waals surface area contributed by atoms with E-state index in [1.54, 1.807) is 4.90 Å². The molecule has 1 rings (SSSR count). The van der Waals surface area contributed by atoms with Crippen molar-refractivity contribution in [3.63, 3.8) is 0 Å². The number of halogens is 1. The second kappa shape index (κ2) is 8.31. The van der Waals surface area contributed by atoms with Gasteiger partial charge in [0.2, 0.25) is 11.8 Å². The molecule has 0 aliphatic carbocycles. The molecule has 0 radical (unpaired) electrons. The molecule has 6 heteroatoms. The Balaban J connectivity index is 0.00000256. The number of nitrogens with one attached hydrogen (secondary N) is 1. The molecule has 1 saturated heterocycles. The van der Waals surface area contributed by atoms with Gasteiger partial charge >= 0.3 is 0 Å². The Labute approximate surface area is 109 Å². The smallest absolute Gasteiger partial charge is 0.236 e. The number of carbonyl (C=O) groups excluding carboxylic acids is 2. The van der Waals surface area contributed by atoms with Crippen molar-refractivity contribution in [2.45, 2.75) is 38.6 Å². The van der Waals surface area contributed by atoms with Crippen molar-refractivity contribution >= 4 is 24.2 Å². The minimum atomic E-state index is -0.0329. The molecule has 1 fully saturated rings. The van der Waals surface area contributed by atoms with Crippen molar-refractivity contribution in [2.24, 2.45) is 5.73 Å². The second-order valence-corrected chi connectivity index (χ2v) is 4.20. The monoisotopic (exact) mass is 263 g/mol. The third-order valence-electron chi connectivity index (χ3n) is 2.79. The summed E-state index contributed by atoms with van der Waals surface area (Å²) < 4.78 is 0. The normalized spacial score (nSPS) is 19.4. The lowest BCUT2D eigenvalue weighted by atomic mass is 10.1. The van der Waals surface area contributed by atoms with Crippen molar-refractivity contribution in [2.75, 3.05) is 19.6 Å². The molecule has 1 atom stereocenters. The lowest BCUT2D eigenvalue weighted by Crippen LogP contribution is -2.50. The van der Waals surface area contributed by atoms with Gasteiger partial charge in [0.1, 0.15) is 0 Å². The quantitative estimate of drug-likeness (QED) is 0.765. The first kappa shape index (κ1) is 16.2. The summed E-state index contributed by atoms with van der Waals surface area (Å²) >= 11 is 0. The van der Waals surface area contributed by atoms with Gasteiger partial charge < -0.3 is 16.0 Å². The second-order valence-electron chi connectivity index (χ2n) is 4.20. The average Bonchev–Trinajstić information content (AvgIpc) is 2.28. The summed E-state index contributed by atoms with van der Waals surface area (Å²) in [4.78, 5) is 24.6. The first-order chi connectivity index (χ1) is 7.67. The predicted molar refractivity (Wildman–Crippen MR) is 69.0 cm³/mol. The minimum Gasteiger partial charge on any atom is -0.352 e. The average molecular weight is 264 g/mol. The molecule has 0 aromatic rings. The molecule has 0 aromatic carbocycles. The Morgan fingerprint density at radius 1 is 1.47 bits per heavy atom. The van der Waals surface area contributed by atoms with Crippen LogP contribution in [-0.4, -0.2) is 42.4 Å². The van der Waals surface area contributed by atoms with Gasteiger partial charge in [-0.3, -0.25) is 9.59 Å². The molecule has 1 aliphatic rings. The number of hydrogen-bond donors (Lipinski definition) is 2. The third kappa shape index (κ3) is 5.37. The van der Waals surface area contributed by atoms with Crippen LogP contribution in [-0.2, 0) is 9.59 Å². The van der Waals surface area contributed by atoms with Gasteiger partial charge in [-0.15, -0.1) is 12.4 Å². The van der Waals surface area contributed by atoms with E-state index in [1.807, 2.05) is 6.92 Å². The van der Waals surface area contributed by atoms with Crippen LogP contribution >= 0.6 is 12.4 Å². The Morgan fingerprint density at radius 2 is 2.18 bits per heavy atom. The SMILES string of the molecule is CCCC(=O)NC1CCCN(C(=O)CN)C1.Cl. The van der Waals surface area contributed by atoms with Gasteiger partial charge in [0.05, 0.1) is 6.54 Å². The number of nitrogens with zero attached hydrogens (tertiary/aromatic N) is 1. The van der Waals surface area contributed by atoms with E-state index in [9.17, 15) is 9.59 Å². The van der Waals surface area contributed by atoms with E-state index in [2.05, 4.69) is 5.32 Å². The molecule has 0 aromatic heterocycles. The lowest BCUT2D eigenvalue weighted by molar-refractivity contribution is -0.132. The molecular formula is C11H22ClN3O2. The Hall–Kier alpha value is -0.810. The van der Waals surface area contributed by atoms with Crippen molar-refractivity contribution in [3.05, 3.63) is 0 Å². The number of carbonyl (C=O) groups is 2. The van der Waals surface area contributed by atoms with E-state index in [1.165, 1.54) is 0 Å². The summed E-state index contributed by atoms with van der Waals surface area (Å²) in [5.74, 6) is 0.0454. The van der Waals surface area contributed by atoms with Crippen molar-refractivity contribution in [1.29, 1.82) is 0 Å². The van der Waals surface area contributed by atoms with E-state index in [4.69, 9.17) is 5.73 Å². The molecule has 1 aliphatic heterocycles. The van der Waals surface area contributed by atoms with Gasteiger partial charge in [0, 0.05) is 25.6 Å². The fourth-order valence-corrected chi connectivity index (χ4v) is 1.98. The van der Waals surface area contributed by atoms with Crippen LogP contribution in [0, 0.1) is 0 Å². The van der Waals surface area contributed by atoms with E-state index in [-0.39, 0.29) is 36.8 Å². The van der Waals surface area contributed by atoms with Crippen molar-refractivity contribution in [1.82, 2.24) is 10.2 Å². The number of amides is 2. The molecule has 2 amide bonds. The fraction of sp³-hybridized carbons (Fsp3) is 0.818. The fourth-order valence-electron chi connectivity index (χ4n) is 1.98. The third-order valence-corrected chi connectivity index (χ3v) is 2.79. The highest BCUT2D eigenvalue weighted by Crippen LogP contribution is 2.10. The van der Waals surface area contributed by atoms with Crippen LogP contribution in [0.2, 0.25) is 0 Å². The van der Waals surface area contributed by atoms with Crippen molar-refractivity contribution < 1.29 is 9.59 Å². The first-order valence-corrected chi connectivity index (χ1v) is 5.94. The lowest BCUT2D eigenvalue weighted by Gasteiger charge is -2.33. The Kier molecular flexibility index (Phi) is 7.91. The van der Waals surface area contributed by atoms with E-state index in [0.717, 1.165) is 25.8 Å². The number of likely N-dealkylation sites (tertiary alicyclic amines) is 1. The molecule has 0 bridgehead atoms. The van der Waals surface area contributed by atoms with Crippen LogP contribution in [0.25, 0.3) is 0 Å². The van der Waals surface area contributed by atoms with Gasteiger partial charge in [-0.2, -0.15) is 0 Å². The summed E-state index contributed by atoms with van der Waals surface area (Å²) in [5.41, 5.74) is 5.32. The standard InChI is InChI=1S/C11H21N3O2.ClH/c1-2-4-10(15)13-9-5-3-6-14(8-9)11(16)7-12;/h9H,2-8,12H2,1H3,(H,13,15);1H. The number of nitrogens with two attached hydrogens (primary N) is 1. The molecule has 5 nitrogen and oxygen atoms in total. The summed E-state index contributed by atoms with van der Waals surface area (Å²) in [6.07, 6.45) is 3.29. The van der Waals surface area contributed by atoms with Crippen LogP contribution in [0.4, 0.5) is 0 Å². The predicted octanol–water partition coefficient (Wildman–Crippen LogP) is 0.274. The van der Waals surface area contributed by atoms with Crippen LogP contribution in [0.5, 0.6) is 0 Å². The van der Waals surface area contributed by atoms with E-state index >= 15 is 0 Å². The van der Waals surface area contributed by atoms with Gasteiger partial charge in [-0.05, 0) is 19.3 Å². The molecule has 100 valence electrons. The molecule has 17 heavy (non-hydrogen) atoms. The maximum absolute atomic E-state index is 11.4. The summed E-state index contributed by atoms with van der Waals surface area (Å²) in [5, 5.41) is 2.96. The zero-order valence-electron chi connectivity index (χ0n) is 10.3. The van der Waals surface area contributed by atoms with Crippen LogP contribution < -0.4 is 11.1 Å². The molecule has 1 unspecified atom stereocenters. The zero-order chi connectivity index (χ0) is 12.0. The van der Waals surface area contributed by atoms with Gasteiger partial charge in [-0.1, -0.05) is 6.92 Å². The van der Waals surface area contributed by atoms with E-state index < -0.39 is 0 Å². The van der Waals surface area contributed by atoms with Gasteiger partial charge in [0.25, 0.3) is 0 Å². The minimum absolute atomic E-state index is 0. The summed E-state index contributed by atoms with van der Waals surface area (Å²) in [6.45, 7) is 3.39. The maximum atomic E-state index is 11.4. The summed E-state index contributed by atoms with van der Waals surface area (Å²) in [6, 6.07) is 0.100. The van der Waals surface area contributed by atoms with Crippen LogP contribution in [0.15, 0.2) is 0 Å². The first-order valence-electron chi connectivity index (χ1n) is 5.94. The molecule has 3 N–H and O–H groups in total. The highest BCUT2D eigenvalue weighted by Gasteiger charge is 2.23. The maximum Gasteiger partial charge on any atom is 0.236 e. The van der Waals surface area contributed by atoms with E-state index in [0.29, 0.717) is 13.0 Å². The summed E-state index contributed by atoms with van der Waals surface area (Å²) in [7, 11) is 0. The van der Waals surface area contributed by atoms with Crippen LogP contribution in [0.3, 0.4) is 0 Å². The number of hydrogen-bond acceptors (Lipinski definition) is 3. The highest BCUT2D eigenvalue weighted by molar-refractivity contribution is 5.85. The zero-order valence-corrected chi connectivity index (χ0v) is 11.1. The number of rotatable bonds is 4. The number of piperidine rings is 1.